The van der Waals surface area contributed by atoms with E-state index >= 15 is 0 Å². The van der Waals surface area contributed by atoms with Crippen LogP contribution in [0.25, 0.3) is 0 Å². The van der Waals surface area contributed by atoms with E-state index in [1.54, 1.807) is 20.8 Å². The van der Waals surface area contributed by atoms with Crippen molar-refractivity contribution in [2.75, 3.05) is 12.3 Å². The van der Waals surface area contributed by atoms with Crippen LogP contribution in [0.5, 0.6) is 0 Å². The molecule has 1 unspecified atom stereocenters. The average molecular weight is 193 g/mol. The predicted molar refractivity (Wildman–Crippen MR) is 51.8 cm³/mol. The fraction of sp³-hybridized carbons (Fsp3) is 1.00. The normalized spacial score (nSPS) is 16.1. The minimum atomic E-state index is -2.99. The molecule has 2 N–H and O–H groups in total. The Bertz CT molecular complexity index is 226. The summed E-state index contributed by atoms with van der Waals surface area (Å²) >= 11 is 0. The van der Waals surface area contributed by atoms with E-state index in [0.29, 0.717) is 6.54 Å². The van der Waals surface area contributed by atoms with Crippen LogP contribution in [0.4, 0.5) is 0 Å². The minimum absolute atomic E-state index is 0.0502. The summed E-state index contributed by atoms with van der Waals surface area (Å²) in [5.74, 6) is 0.238. The predicted octanol–water partition coefficient (Wildman–Crippen LogP) is 0.794. The van der Waals surface area contributed by atoms with Gasteiger partial charge in [0.1, 0.15) is 0 Å². The average Bonchev–Trinajstić information content (AvgIpc) is 1.84. The first-order valence-electron chi connectivity index (χ1n) is 4.13. The Morgan fingerprint density at radius 2 is 1.75 bits per heavy atom. The van der Waals surface area contributed by atoms with Crippen LogP contribution in [-0.4, -0.2) is 25.5 Å². The number of rotatable bonds is 3. The van der Waals surface area contributed by atoms with E-state index in [4.69, 9.17) is 5.73 Å². The maximum atomic E-state index is 11.6. The maximum absolute atomic E-state index is 11.6. The molecule has 0 fully saturated rings. The number of sulfone groups is 1. The van der Waals surface area contributed by atoms with Gasteiger partial charge >= 0.3 is 0 Å². The van der Waals surface area contributed by atoms with Crippen molar-refractivity contribution in [3.63, 3.8) is 0 Å². The maximum Gasteiger partial charge on any atom is 0.155 e. The standard InChI is InChI=1S/C8H19NO2S/c1-7(5-9)6-12(10,11)8(2,3)4/h7H,5-6,9H2,1-4H3. The van der Waals surface area contributed by atoms with Gasteiger partial charge in [-0.05, 0) is 33.2 Å². The van der Waals surface area contributed by atoms with Crippen LogP contribution in [0, 0.1) is 5.92 Å². The molecule has 0 aromatic rings. The van der Waals surface area contributed by atoms with Gasteiger partial charge in [-0.2, -0.15) is 0 Å². The molecule has 0 aliphatic carbocycles. The van der Waals surface area contributed by atoms with Crippen LogP contribution in [-0.2, 0) is 9.84 Å². The smallest absolute Gasteiger partial charge is 0.155 e. The number of hydrogen-bond donors (Lipinski definition) is 1. The zero-order chi connectivity index (χ0) is 9.99. The molecule has 0 amide bonds. The monoisotopic (exact) mass is 193 g/mol. The highest BCUT2D eigenvalue weighted by Crippen LogP contribution is 2.18. The summed E-state index contributed by atoms with van der Waals surface area (Å²) in [6, 6.07) is 0. The summed E-state index contributed by atoms with van der Waals surface area (Å²) in [7, 11) is -2.99. The summed E-state index contributed by atoms with van der Waals surface area (Å²) in [5, 5.41) is 0. The first-order valence-corrected chi connectivity index (χ1v) is 5.78. The second kappa shape index (κ2) is 3.75. The minimum Gasteiger partial charge on any atom is -0.330 e. The summed E-state index contributed by atoms with van der Waals surface area (Å²) in [5.41, 5.74) is 5.36. The van der Waals surface area contributed by atoms with E-state index in [0.717, 1.165) is 0 Å². The third kappa shape index (κ3) is 3.11. The first-order chi connectivity index (χ1) is 5.20. The topological polar surface area (TPSA) is 60.2 Å². The van der Waals surface area contributed by atoms with Gasteiger partial charge in [0.15, 0.2) is 9.84 Å². The van der Waals surface area contributed by atoms with Crippen LogP contribution in [0.3, 0.4) is 0 Å². The van der Waals surface area contributed by atoms with E-state index in [9.17, 15) is 8.42 Å². The quantitative estimate of drug-likeness (QED) is 0.721. The van der Waals surface area contributed by atoms with Crippen molar-refractivity contribution < 1.29 is 8.42 Å². The van der Waals surface area contributed by atoms with Gasteiger partial charge < -0.3 is 5.73 Å². The molecule has 0 radical (unpaired) electrons. The van der Waals surface area contributed by atoms with Gasteiger partial charge in [0.05, 0.1) is 10.5 Å². The molecule has 1 atom stereocenters. The molecule has 0 aliphatic rings. The number of hydrogen-bond acceptors (Lipinski definition) is 3. The lowest BCUT2D eigenvalue weighted by atomic mass is 10.2. The summed E-state index contributed by atoms with van der Waals surface area (Å²) in [6.07, 6.45) is 0. The second-order valence-corrected chi connectivity index (χ2v) is 7.02. The van der Waals surface area contributed by atoms with Crippen molar-refractivity contribution in [1.29, 1.82) is 0 Å². The Hall–Kier alpha value is -0.0900. The SMILES string of the molecule is CC(CN)CS(=O)(=O)C(C)(C)C. The highest BCUT2D eigenvalue weighted by molar-refractivity contribution is 7.92. The van der Waals surface area contributed by atoms with Crippen LogP contribution in [0.2, 0.25) is 0 Å². The van der Waals surface area contributed by atoms with Gasteiger partial charge in [0.25, 0.3) is 0 Å². The van der Waals surface area contributed by atoms with Crippen molar-refractivity contribution in [1.82, 2.24) is 0 Å². The van der Waals surface area contributed by atoms with Gasteiger partial charge in [-0.1, -0.05) is 6.92 Å². The molecule has 0 spiro atoms. The Morgan fingerprint density at radius 3 is 2.00 bits per heavy atom. The Morgan fingerprint density at radius 1 is 1.33 bits per heavy atom. The van der Waals surface area contributed by atoms with Gasteiger partial charge in [-0.15, -0.1) is 0 Å². The Kier molecular flexibility index (Phi) is 3.72. The molecular formula is C8H19NO2S. The zero-order valence-electron chi connectivity index (χ0n) is 8.29. The van der Waals surface area contributed by atoms with E-state index in [-0.39, 0.29) is 11.7 Å². The fourth-order valence-electron chi connectivity index (χ4n) is 0.693. The summed E-state index contributed by atoms with van der Waals surface area (Å²) in [4.78, 5) is 0. The highest BCUT2D eigenvalue weighted by atomic mass is 32.2. The molecule has 12 heavy (non-hydrogen) atoms. The molecule has 0 saturated carbocycles. The van der Waals surface area contributed by atoms with E-state index in [1.807, 2.05) is 6.92 Å². The molecular weight excluding hydrogens is 174 g/mol. The summed E-state index contributed by atoms with van der Waals surface area (Å²) in [6.45, 7) is 7.42. The van der Waals surface area contributed by atoms with Crippen molar-refractivity contribution in [3.8, 4) is 0 Å². The van der Waals surface area contributed by atoms with Crippen LogP contribution < -0.4 is 5.73 Å². The van der Waals surface area contributed by atoms with Crippen molar-refractivity contribution >= 4 is 9.84 Å². The lowest BCUT2D eigenvalue weighted by Crippen LogP contribution is -2.34. The molecule has 0 rings (SSSR count). The Labute approximate surface area is 75.3 Å². The van der Waals surface area contributed by atoms with E-state index in [2.05, 4.69) is 0 Å². The van der Waals surface area contributed by atoms with Gasteiger partial charge in [0, 0.05) is 0 Å². The lowest BCUT2D eigenvalue weighted by Gasteiger charge is -2.21. The van der Waals surface area contributed by atoms with Crippen LogP contribution >= 0.6 is 0 Å². The molecule has 0 saturated heterocycles. The van der Waals surface area contributed by atoms with Crippen LogP contribution in [0.1, 0.15) is 27.7 Å². The Balaban J connectivity index is 4.46. The van der Waals surface area contributed by atoms with E-state index in [1.165, 1.54) is 0 Å². The zero-order valence-corrected chi connectivity index (χ0v) is 9.11. The van der Waals surface area contributed by atoms with E-state index < -0.39 is 14.6 Å². The third-order valence-corrected chi connectivity index (χ3v) is 4.71. The number of nitrogens with two attached hydrogens (primary N) is 1. The van der Waals surface area contributed by atoms with Gasteiger partial charge in [-0.25, -0.2) is 8.42 Å². The largest absolute Gasteiger partial charge is 0.330 e. The van der Waals surface area contributed by atoms with Crippen molar-refractivity contribution in [2.45, 2.75) is 32.4 Å². The second-order valence-electron chi connectivity index (χ2n) is 4.23. The molecule has 0 aromatic heterocycles. The fourth-order valence-corrected chi connectivity index (χ4v) is 2.08. The highest BCUT2D eigenvalue weighted by Gasteiger charge is 2.29. The molecule has 0 aliphatic heterocycles. The molecule has 3 nitrogen and oxygen atoms in total. The molecule has 74 valence electrons. The van der Waals surface area contributed by atoms with Gasteiger partial charge in [-0.3, -0.25) is 0 Å². The molecule has 4 heteroatoms. The van der Waals surface area contributed by atoms with Crippen LogP contribution in [0.15, 0.2) is 0 Å². The summed E-state index contributed by atoms with van der Waals surface area (Å²) < 4.78 is 22.5. The molecule has 0 aromatic carbocycles. The third-order valence-electron chi connectivity index (χ3n) is 1.84. The first kappa shape index (κ1) is 11.9. The van der Waals surface area contributed by atoms with Crippen molar-refractivity contribution in [2.24, 2.45) is 11.7 Å². The lowest BCUT2D eigenvalue weighted by molar-refractivity contribution is 0.541. The molecule has 0 heterocycles. The van der Waals surface area contributed by atoms with Crippen molar-refractivity contribution in [3.05, 3.63) is 0 Å². The van der Waals surface area contributed by atoms with Gasteiger partial charge in [0.2, 0.25) is 0 Å². The molecule has 0 bridgehead atoms.